The second kappa shape index (κ2) is 11.7. The van der Waals surface area contributed by atoms with Crippen LogP contribution in [0.5, 0.6) is 11.5 Å². The van der Waals surface area contributed by atoms with Gasteiger partial charge in [-0.25, -0.2) is 5.43 Å². The normalized spacial score (nSPS) is 11.6. The lowest BCUT2D eigenvalue weighted by Crippen LogP contribution is -2.20. The molecule has 0 aliphatic rings. The van der Waals surface area contributed by atoms with Gasteiger partial charge in [-0.3, -0.25) is 4.79 Å². The topological polar surface area (TPSA) is 59.9 Å². The van der Waals surface area contributed by atoms with Gasteiger partial charge in [0.2, 0.25) is 5.91 Å². The molecule has 5 nitrogen and oxygen atoms in total. The molecule has 0 saturated carbocycles. The number of rotatable bonds is 9. The van der Waals surface area contributed by atoms with Crippen LogP contribution in [0.2, 0.25) is 0 Å². The standard InChI is InChI=1S/C32H34N2O3/c1-5-36-30-19-24(21-33-34-31(35)20-23-13-16-27(17-14-23)32(2,3)4)15-18-29(30)37-22-26-11-8-10-25-9-6-7-12-28(25)26/h6-19,21H,5,20,22H2,1-4H3,(H,34,35)/b33-21-. The van der Waals surface area contributed by atoms with E-state index in [1.165, 1.54) is 16.3 Å². The number of fused-ring (bicyclic) bond motifs is 1. The van der Waals surface area contributed by atoms with Gasteiger partial charge < -0.3 is 9.47 Å². The first kappa shape index (κ1) is 26.0. The fraction of sp³-hybridized carbons (Fsp3) is 0.250. The number of amides is 1. The van der Waals surface area contributed by atoms with Gasteiger partial charge in [0.25, 0.3) is 0 Å². The van der Waals surface area contributed by atoms with Crippen molar-refractivity contribution >= 4 is 22.9 Å². The van der Waals surface area contributed by atoms with E-state index in [0.29, 0.717) is 24.7 Å². The number of benzene rings is 4. The molecule has 0 aliphatic heterocycles. The van der Waals surface area contributed by atoms with Crippen molar-refractivity contribution in [2.75, 3.05) is 6.61 Å². The van der Waals surface area contributed by atoms with Gasteiger partial charge in [-0.05, 0) is 63.6 Å². The molecule has 4 rings (SSSR count). The second-order valence-corrected chi connectivity index (χ2v) is 9.98. The number of hydrogen-bond donors (Lipinski definition) is 1. The molecule has 0 aromatic heterocycles. The molecule has 0 unspecified atom stereocenters. The number of hydrazone groups is 1. The zero-order chi connectivity index (χ0) is 26.3. The van der Waals surface area contributed by atoms with Gasteiger partial charge >= 0.3 is 0 Å². The van der Waals surface area contributed by atoms with Gasteiger partial charge in [0.1, 0.15) is 6.61 Å². The van der Waals surface area contributed by atoms with Crippen LogP contribution in [0.15, 0.2) is 90.0 Å². The minimum Gasteiger partial charge on any atom is -0.490 e. The van der Waals surface area contributed by atoms with Gasteiger partial charge in [-0.15, -0.1) is 0 Å². The highest BCUT2D eigenvalue weighted by atomic mass is 16.5. The largest absolute Gasteiger partial charge is 0.490 e. The molecule has 4 aromatic carbocycles. The highest BCUT2D eigenvalue weighted by molar-refractivity contribution is 5.86. The van der Waals surface area contributed by atoms with E-state index in [9.17, 15) is 4.79 Å². The van der Waals surface area contributed by atoms with E-state index >= 15 is 0 Å². The average Bonchev–Trinajstić information content (AvgIpc) is 2.88. The van der Waals surface area contributed by atoms with Crippen molar-refractivity contribution < 1.29 is 14.3 Å². The number of nitrogens with zero attached hydrogens (tertiary/aromatic N) is 1. The summed E-state index contributed by atoms with van der Waals surface area (Å²) < 4.78 is 12.0. The summed E-state index contributed by atoms with van der Waals surface area (Å²) >= 11 is 0. The number of carbonyl (C=O) groups is 1. The quantitative estimate of drug-likeness (QED) is 0.205. The van der Waals surface area contributed by atoms with E-state index in [1.807, 2.05) is 55.5 Å². The lowest BCUT2D eigenvalue weighted by Gasteiger charge is -2.19. The zero-order valence-electron chi connectivity index (χ0n) is 22.0. The van der Waals surface area contributed by atoms with E-state index in [1.54, 1.807) is 6.21 Å². The van der Waals surface area contributed by atoms with E-state index in [4.69, 9.17) is 9.47 Å². The summed E-state index contributed by atoms with van der Waals surface area (Å²) in [6.45, 7) is 9.39. The smallest absolute Gasteiger partial charge is 0.244 e. The Hall–Kier alpha value is -4.12. The Kier molecular flexibility index (Phi) is 8.24. The molecular formula is C32H34N2O3. The van der Waals surface area contributed by atoms with Crippen molar-refractivity contribution in [3.63, 3.8) is 0 Å². The summed E-state index contributed by atoms with van der Waals surface area (Å²) in [7, 11) is 0. The fourth-order valence-electron chi connectivity index (χ4n) is 4.09. The van der Waals surface area contributed by atoms with Crippen molar-refractivity contribution in [3.05, 3.63) is 107 Å². The second-order valence-electron chi connectivity index (χ2n) is 9.98. The van der Waals surface area contributed by atoms with Gasteiger partial charge in [0.15, 0.2) is 11.5 Å². The Morgan fingerprint density at radius 1 is 0.892 bits per heavy atom. The SMILES string of the molecule is CCOc1cc(/C=N\NC(=O)Cc2ccc(C(C)(C)C)cc2)ccc1OCc1cccc2ccccc12. The number of ether oxygens (including phenoxy) is 2. The lowest BCUT2D eigenvalue weighted by molar-refractivity contribution is -0.120. The van der Waals surface area contributed by atoms with E-state index < -0.39 is 0 Å². The van der Waals surface area contributed by atoms with Crippen molar-refractivity contribution in [2.24, 2.45) is 5.10 Å². The van der Waals surface area contributed by atoms with Crippen LogP contribution in [-0.4, -0.2) is 18.7 Å². The van der Waals surface area contributed by atoms with Gasteiger partial charge in [-0.1, -0.05) is 87.5 Å². The molecule has 0 aliphatic carbocycles. The molecule has 1 N–H and O–H groups in total. The lowest BCUT2D eigenvalue weighted by atomic mass is 9.86. The molecule has 0 bridgehead atoms. The number of nitrogens with one attached hydrogen (secondary N) is 1. The zero-order valence-corrected chi connectivity index (χ0v) is 22.0. The maximum absolute atomic E-state index is 12.4. The third-order valence-electron chi connectivity index (χ3n) is 6.12. The molecule has 0 radical (unpaired) electrons. The molecule has 1 amide bonds. The minimum atomic E-state index is -0.167. The van der Waals surface area contributed by atoms with Crippen LogP contribution < -0.4 is 14.9 Å². The number of hydrogen-bond acceptors (Lipinski definition) is 4. The summed E-state index contributed by atoms with van der Waals surface area (Å²) in [6.07, 6.45) is 1.88. The van der Waals surface area contributed by atoms with Crippen LogP contribution in [0.4, 0.5) is 0 Å². The summed E-state index contributed by atoms with van der Waals surface area (Å²) in [5.41, 5.74) is 6.80. The van der Waals surface area contributed by atoms with Crippen molar-refractivity contribution in [3.8, 4) is 11.5 Å². The summed E-state index contributed by atoms with van der Waals surface area (Å²) in [6, 6.07) is 28.2. The molecule has 37 heavy (non-hydrogen) atoms. The van der Waals surface area contributed by atoms with Crippen LogP contribution in [-0.2, 0) is 23.2 Å². The first-order valence-electron chi connectivity index (χ1n) is 12.6. The minimum absolute atomic E-state index is 0.0853. The van der Waals surface area contributed by atoms with Crippen molar-refractivity contribution in [1.82, 2.24) is 5.43 Å². The van der Waals surface area contributed by atoms with Crippen LogP contribution in [0.3, 0.4) is 0 Å². The average molecular weight is 495 g/mol. The molecular weight excluding hydrogens is 460 g/mol. The van der Waals surface area contributed by atoms with Crippen LogP contribution in [0, 0.1) is 0 Å². The highest BCUT2D eigenvalue weighted by Crippen LogP contribution is 2.30. The van der Waals surface area contributed by atoms with Gasteiger partial charge in [0, 0.05) is 0 Å². The molecule has 0 atom stereocenters. The molecule has 190 valence electrons. The third kappa shape index (κ3) is 6.98. The van der Waals surface area contributed by atoms with Crippen molar-refractivity contribution in [2.45, 2.75) is 46.1 Å². The Bertz CT molecular complexity index is 1380. The monoisotopic (exact) mass is 494 g/mol. The van der Waals surface area contributed by atoms with E-state index in [0.717, 1.165) is 16.7 Å². The number of carbonyl (C=O) groups excluding carboxylic acids is 1. The molecule has 0 saturated heterocycles. The Labute approximate surface area is 219 Å². The predicted octanol–water partition coefficient (Wildman–Crippen LogP) is 6.81. The molecule has 0 heterocycles. The molecule has 0 spiro atoms. The maximum atomic E-state index is 12.4. The van der Waals surface area contributed by atoms with Crippen molar-refractivity contribution in [1.29, 1.82) is 0 Å². The van der Waals surface area contributed by atoms with Crippen LogP contribution in [0.1, 0.15) is 49.9 Å². The first-order valence-corrected chi connectivity index (χ1v) is 12.6. The molecule has 0 fully saturated rings. The fourth-order valence-corrected chi connectivity index (χ4v) is 4.09. The van der Waals surface area contributed by atoms with Crippen LogP contribution >= 0.6 is 0 Å². The Morgan fingerprint density at radius 3 is 2.41 bits per heavy atom. The third-order valence-corrected chi connectivity index (χ3v) is 6.12. The Morgan fingerprint density at radius 2 is 1.65 bits per heavy atom. The van der Waals surface area contributed by atoms with Crippen LogP contribution in [0.25, 0.3) is 10.8 Å². The highest BCUT2D eigenvalue weighted by Gasteiger charge is 2.13. The van der Waals surface area contributed by atoms with Gasteiger partial charge in [-0.2, -0.15) is 5.10 Å². The maximum Gasteiger partial charge on any atom is 0.244 e. The summed E-state index contributed by atoms with van der Waals surface area (Å²) in [4.78, 5) is 12.4. The van der Waals surface area contributed by atoms with E-state index in [2.05, 4.69) is 67.7 Å². The van der Waals surface area contributed by atoms with E-state index in [-0.39, 0.29) is 17.7 Å². The Balaban J connectivity index is 1.37. The molecule has 4 aromatic rings. The predicted molar refractivity (Wildman–Crippen MR) is 150 cm³/mol. The first-order chi connectivity index (χ1) is 17.8. The molecule has 5 heteroatoms. The summed E-state index contributed by atoms with van der Waals surface area (Å²) in [5.74, 6) is 1.13. The summed E-state index contributed by atoms with van der Waals surface area (Å²) in [5, 5.41) is 6.49. The van der Waals surface area contributed by atoms with Gasteiger partial charge in [0.05, 0.1) is 19.2 Å².